The summed E-state index contributed by atoms with van der Waals surface area (Å²) >= 11 is 0. The first kappa shape index (κ1) is 17.0. The van der Waals surface area contributed by atoms with Crippen LogP contribution < -0.4 is 0 Å². The van der Waals surface area contributed by atoms with Gasteiger partial charge in [-0.2, -0.15) is 0 Å². The minimum Gasteiger partial charge on any atom is -0.389 e. The normalized spacial score (nSPS) is 24.7. The van der Waals surface area contributed by atoms with E-state index in [1.807, 2.05) is 18.0 Å². The van der Waals surface area contributed by atoms with Gasteiger partial charge >= 0.3 is 0 Å². The van der Waals surface area contributed by atoms with Crippen molar-refractivity contribution in [2.75, 3.05) is 19.8 Å². The summed E-state index contributed by atoms with van der Waals surface area (Å²) in [6.07, 6.45) is 8.22. The van der Waals surface area contributed by atoms with Gasteiger partial charge in [-0.25, -0.2) is 4.98 Å². The first-order valence-electron chi connectivity index (χ1n) is 9.70. The lowest BCUT2D eigenvalue weighted by Crippen LogP contribution is -2.47. The molecule has 138 valence electrons. The molecule has 6 heteroatoms. The van der Waals surface area contributed by atoms with Crippen LogP contribution in [-0.4, -0.2) is 50.8 Å². The summed E-state index contributed by atoms with van der Waals surface area (Å²) in [5.41, 5.74) is 0.440. The number of rotatable bonds is 7. The standard InChI is InChI=1S/C19H29N3O3/c1-14-18-20-12-16(5-10-25-13-15-3-4-15)22(18)9-8-21(14)17(23)11-19(24)6-2-7-19/h12,14-15,24H,2-11,13H2,1H3/t14-/m0/s1. The zero-order valence-corrected chi connectivity index (χ0v) is 15.1. The molecule has 2 saturated carbocycles. The largest absolute Gasteiger partial charge is 0.389 e. The predicted octanol–water partition coefficient (Wildman–Crippen LogP) is 2.06. The van der Waals surface area contributed by atoms with Crippen molar-refractivity contribution < 1.29 is 14.6 Å². The Morgan fingerprint density at radius 2 is 2.20 bits per heavy atom. The predicted molar refractivity (Wildman–Crippen MR) is 93.0 cm³/mol. The lowest BCUT2D eigenvalue weighted by molar-refractivity contribution is -0.143. The van der Waals surface area contributed by atoms with Gasteiger partial charge < -0.3 is 19.3 Å². The molecule has 0 aromatic carbocycles. The molecular weight excluding hydrogens is 318 g/mol. The molecule has 2 aliphatic carbocycles. The monoisotopic (exact) mass is 347 g/mol. The average Bonchev–Trinajstić information content (AvgIpc) is 3.29. The van der Waals surface area contributed by atoms with Crippen LogP contribution in [0.15, 0.2) is 6.20 Å². The molecule has 4 rings (SSSR count). The fourth-order valence-corrected chi connectivity index (χ4v) is 3.96. The van der Waals surface area contributed by atoms with E-state index in [4.69, 9.17) is 4.74 Å². The van der Waals surface area contributed by atoms with Crippen molar-refractivity contribution in [3.05, 3.63) is 17.7 Å². The first-order valence-corrected chi connectivity index (χ1v) is 9.70. The number of aliphatic hydroxyl groups is 1. The minimum atomic E-state index is -0.756. The second kappa shape index (κ2) is 6.72. The second-order valence-electron chi connectivity index (χ2n) is 8.05. The second-order valence-corrected chi connectivity index (χ2v) is 8.05. The molecule has 1 aromatic rings. The van der Waals surface area contributed by atoms with Gasteiger partial charge in [-0.3, -0.25) is 4.79 Å². The highest BCUT2D eigenvalue weighted by atomic mass is 16.5. The summed E-state index contributed by atoms with van der Waals surface area (Å²) in [5, 5.41) is 10.3. The zero-order chi connectivity index (χ0) is 17.4. The lowest BCUT2D eigenvalue weighted by atomic mass is 9.77. The average molecular weight is 347 g/mol. The number of aromatic nitrogens is 2. The highest BCUT2D eigenvalue weighted by molar-refractivity contribution is 5.78. The van der Waals surface area contributed by atoms with Crippen molar-refractivity contribution in [1.82, 2.24) is 14.5 Å². The Labute approximate surface area is 149 Å². The summed E-state index contributed by atoms with van der Waals surface area (Å²) < 4.78 is 7.99. The van der Waals surface area contributed by atoms with E-state index in [0.29, 0.717) is 6.54 Å². The van der Waals surface area contributed by atoms with Gasteiger partial charge in [0.15, 0.2) is 0 Å². The molecule has 3 aliphatic rings. The van der Waals surface area contributed by atoms with Gasteiger partial charge in [0.25, 0.3) is 0 Å². The van der Waals surface area contributed by atoms with Gasteiger partial charge in [-0.1, -0.05) is 0 Å². The van der Waals surface area contributed by atoms with E-state index in [9.17, 15) is 9.90 Å². The topological polar surface area (TPSA) is 67.6 Å². The summed E-state index contributed by atoms with van der Waals surface area (Å²) in [4.78, 5) is 19.1. The smallest absolute Gasteiger partial charge is 0.226 e. The van der Waals surface area contributed by atoms with Gasteiger partial charge in [0.1, 0.15) is 5.82 Å². The van der Waals surface area contributed by atoms with Crippen LogP contribution >= 0.6 is 0 Å². The molecule has 0 radical (unpaired) electrons. The van der Waals surface area contributed by atoms with Crippen molar-refractivity contribution in [1.29, 1.82) is 0 Å². The molecule has 6 nitrogen and oxygen atoms in total. The van der Waals surface area contributed by atoms with Crippen LogP contribution in [0.25, 0.3) is 0 Å². The van der Waals surface area contributed by atoms with E-state index in [1.165, 1.54) is 18.5 Å². The molecule has 1 amide bonds. The van der Waals surface area contributed by atoms with Crippen LogP contribution in [-0.2, 0) is 22.5 Å². The van der Waals surface area contributed by atoms with Crippen LogP contribution in [0.4, 0.5) is 0 Å². The number of carbonyl (C=O) groups is 1. The molecule has 1 N–H and O–H groups in total. The van der Waals surface area contributed by atoms with Gasteiger partial charge in [0.2, 0.25) is 5.91 Å². The van der Waals surface area contributed by atoms with Crippen LogP contribution in [0.3, 0.4) is 0 Å². The lowest BCUT2D eigenvalue weighted by Gasteiger charge is -2.40. The molecule has 1 aromatic heterocycles. The maximum atomic E-state index is 12.6. The quantitative estimate of drug-likeness (QED) is 0.767. The molecule has 25 heavy (non-hydrogen) atoms. The van der Waals surface area contributed by atoms with E-state index in [-0.39, 0.29) is 18.4 Å². The number of imidazole rings is 1. The van der Waals surface area contributed by atoms with Crippen molar-refractivity contribution in [3.63, 3.8) is 0 Å². The minimum absolute atomic E-state index is 0.0361. The molecule has 0 saturated heterocycles. The van der Waals surface area contributed by atoms with E-state index in [1.54, 1.807) is 0 Å². The van der Waals surface area contributed by atoms with Crippen LogP contribution in [0.2, 0.25) is 0 Å². The van der Waals surface area contributed by atoms with Crippen LogP contribution in [0.5, 0.6) is 0 Å². The Balaban J connectivity index is 1.35. The van der Waals surface area contributed by atoms with Crippen molar-refractivity contribution in [2.24, 2.45) is 5.92 Å². The Hall–Kier alpha value is -1.40. The molecule has 0 unspecified atom stereocenters. The zero-order valence-electron chi connectivity index (χ0n) is 15.1. The van der Waals surface area contributed by atoms with Crippen molar-refractivity contribution >= 4 is 5.91 Å². The summed E-state index contributed by atoms with van der Waals surface area (Å²) in [6, 6.07) is -0.0361. The molecule has 2 heterocycles. The Morgan fingerprint density at radius 3 is 2.88 bits per heavy atom. The number of amides is 1. The van der Waals surface area contributed by atoms with Gasteiger partial charge in [0, 0.05) is 38.0 Å². The van der Waals surface area contributed by atoms with Gasteiger partial charge in [-0.15, -0.1) is 0 Å². The molecule has 2 fully saturated rings. The molecule has 1 aliphatic heterocycles. The highest BCUT2D eigenvalue weighted by Gasteiger charge is 2.39. The van der Waals surface area contributed by atoms with Gasteiger partial charge in [-0.05, 0) is 44.9 Å². The van der Waals surface area contributed by atoms with Gasteiger partial charge in [0.05, 0.1) is 24.7 Å². The Kier molecular flexibility index (Phi) is 4.58. The van der Waals surface area contributed by atoms with Crippen molar-refractivity contribution in [2.45, 2.75) is 70.1 Å². The third kappa shape index (κ3) is 3.60. The van der Waals surface area contributed by atoms with E-state index in [2.05, 4.69) is 9.55 Å². The Bertz CT molecular complexity index is 634. The molecule has 1 atom stereocenters. The number of carbonyl (C=O) groups excluding carboxylic acids is 1. The highest BCUT2D eigenvalue weighted by Crippen LogP contribution is 2.36. The SMILES string of the molecule is C[C@H]1c2ncc(CCOCC3CC3)n2CCN1C(=O)CC1(O)CCC1. The fourth-order valence-electron chi connectivity index (χ4n) is 3.96. The number of nitrogens with zero attached hydrogens (tertiary/aromatic N) is 3. The van der Waals surface area contributed by atoms with Crippen LogP contribution in [0, 0.1) is 5.92 Å². The number of fused-ring (bicyclic) bond motifs is 1. The maximum absolute atomic E-state index is 12.6. The summed E-state index contributed by atoms with van der Waals surface area (Å²) in [7, 11) is 0. The first-order chi connectivity index (χ1) is 12.1. The van der Waals surface area contributed by atoms with Crippen molar-refractivity contribution in [3.8, 4) is 0 Å². The fraction of sp³-hybridized carbons (Fsp3) is 0.789. The summed E-state index contributed by atoms with van der Waals surface area (Å²) in [6.45, 7) is 5.14. The molecular formula is C19H29N3O3. The van der Waals surface area contributed by atoms with Crippen LogP contribution in [0.1, 0.15) is 63.0 Å². The summed E-state index contributed by atoms with van der Waals surface area (Å²) in [5.74, 6) is 1.81. The number of ether oxygens (including phenoxy) is 1. The van der Waals surface area contributed by atoms with E-state index >= 15 is 0 Å². The molecule has 0 spiro atoms. The number of hydrogen-bond donors (Lipinski definition) is 1. The molecule has 0 bridgehead atoms. The maximum Gasteiger partial charge on any atom is 0.226 e. The Morgan fingerprint density at radius 1 is 1.40 bits per heavy atom. The van der Waals surface area contributed by atoms with E-state index < -0.39 is 5.60 Å². The van der Waals surface area contributed by atoms with E-state index in [0.717, 1.165) is 57.2 Å². The third-order valence-corrected chi connectivity index (χ3v) is 6.01. The number of hydrogen-bond acceptors (Lipinski definition) is 4. The third-order valence-electron chi connectivity index (χ3n) is 6.01.